The summed E-state index contributed by atoms with van der Waals surface area (Å²) in [6, 6.07) is 13.7. The summed E-state index contributed by atoms with van der Waals surface area (Å²) < 4.78 is 2.26. The summed E-state index contributed by atoms with van der Waals surface area (Å²) in [4.78, 5) is 26.7. The van der Waals surface area contributed by atoms with E-state index in [1.54, 1.807) is 26.2 Å². The third-order valence-corrected chi connectivity index (χ3v) is 6.20. The molecular weight excluding hydrogens is 390 g/mol. The van der Waals surface area contributed by atoms with Crippen molar-refractivity contribution in [1.82, 2.24) is 24.8 Å². The topological polar surface area (TPSA) is 92.9 Å². The maximum Gasteiger partial charge on any atom is 0.252 e. The molecule has 2 aliphatic heterocycles. The van der Waals surface area contributed by atoms with E-state index in [-0.39, 0.29) is 18.0 Å². The van der Waals surface area contributed by atoms with Crippen molar-refractivity contribution in [1.29, 1.82) is 0 Å². The average Bonchev–Trinajstić information content (AvgIpc) is 3.25. The summed E-state index contributed by atoms with van der Waals surface area (Å²) in [6.07, 6.45) is 4.20. The molecule has 2 N–H and O–H groups in total. The molecule has 0 radical (unpaired) electrons. The van der Waals surface area contributed by atoms with Crippen molar-refractivity contribution >= 4 is 16.9 Å². The predicted molar refractivity (Wildman–Crippen MR) is 115 cm³/mol. The molecule has 2 atom stereocenters. The fourth-order valence-corrected chi connectivity index (χ4v) is 4.83. The Morgan fingerprint density at radius 2 is 1.81 bits per heavy atom. The van der Waals surface area contributed by atoms with Crippen LogP contribution in [0.15, 0.2) is 54.9 Å². The van der Waals surface area contributed by atoms with E-state index in [0.717, 1.165) is 40.0 Å². The minimum atomic E-state index is -1.12. The lowest BCUT2D eigenvalue weighted by molar-refractivity contribution is 0.0687. The number of nitrogens with one attached hydrogen (secondary N) is 1. The highest BCUT2D eigenvalue weighted by Gasteiger charge is 2.41. The molecule has 7 nitrogen and oxygen atoms in total. The van der Waals surface area contributed by atoms with Crippen molar-refractivity contribution < 1.29 is 9.90 Å². The van der Waals surface area contributed by atoms with Crippen LogP contribution < -0.4 is 5.32 Å². The molecule has 2 aliphatic rings. The minimum absolute atomic E-state index is 0.0218. The quantitative estimate of drug-likeness (QED) is 0.527. The molecule has 0 saturated heterocycles. The molecule has 7 heteroatoms. The minimum Gasteiger partial charge on any atom is -0.382 e. The van der Waals surface area contributed by atoms with Gasteiger partial charge in [0.25, 0.3) is 5.91 Å². The molecule has 6 rings (SSSR count). The molecule has 0 aliphatic carbocycles. The Bertz CT molecular complexity index is 1350. The van der Waals surface area contributed by atoms with Crippen LogP contribution in [-0.2, 0) is 5.60 Å². The van der Waals surface area contributed by atoms with Gasteiger partial charge in [0.05, 0.1) is 23.1 Å². The van der Waals surface area contributed by atoms with Crippen LogP contribution >= 0.6 is 0 Å². The normalized spacial score (nSPS) is 19.6. The van der Waals surface area contributed by atoms with Crippen LogP contribution in [0.1, 0.15) is 59.9 Å². The monoisotopic (exact) mass is 411 g/mol. The standard InChI is InChI=1S/C24H21N5O2/c1-24(2,31)23-25-11-13(12-26-23)14-6-5-7-15-20(14)19-10-17(28-22(15)30)21-27-16-8-3-4-9-18(16)29(19)21/h3-9,11-12,17,19,31H,10H2,1-2H3,(H,28,30). The molecule has 2 unspecified atom stereocenters. The van der Waals surface area contributed by atoms with Gasteiger partial charge in [-0.05, 0) is 49.6 Å². The van der Waals surface area contributed by atoms with Crippen LogP contribution in [0.25, 0.3) is 22.2 Å². The molecule has 2 aromatic heterocycles. The Hall–Kier alpha value is -3.58. The zero-order chi connectivity index (χ0) is 21.3. The largest absolute Gasteiger partial charge is 0.382 e. The Labute approximate surface area is 178 Å². The van der Waals surface area contributed by atoms with E-state index in [2.05, 4.69) is 25.9 Å². The number of para-hydroxylation sites is 2. The third-order valence-electron chi connectivity index (χ3n) is 6.20. The average molecular weight is 411 g/mol. The molecule has 31 heavy (non-hydrogen) atoms. The molecule has 0 fully saturated rings. The number of hydrogen-bond acceptors (Lipinski definition) is 5. The second-order valence-corrected chi connectivity index (χ2v) is 8.73. The molecule has 4 heterocycles. The van der Waals surface area contributed by atoms with Crippen molar-refractivity contribution in [3.8, 4) is 11.1 Å². The second-order valence-electron chi connectivity index (χ2n) is 8.73. The molecule has 2 bridgehead atoms. The summed E-state index contributed by atoms with van der Waals surface area (Å²) in [5, 5.41) is 13.4. The SMILES string of the molecule is CC(C)(O)c1ncc(-c2cccc3c2C2CC(NC3=O)c3nc4ccccc4n32)cn1. The summed E-state index contributed by atoms with van der Waals surface area (Å²) in [7, 11) is 0. The molecule has 2 aromatic carbocycles. The van der Waals surface area contributed by atoms with Crippen molar-refractivity contribution in [2.75, 3.05) is 0 Å². The van der Waals surface area contributed by atoms with E-state index in [4.69, 9.17) is 4.98 Å². The summed E-state index contributed by atoms with van der Waals surface area (Å²) >= 11 is 0. The predicted octanol–water partition coefficient (Wildman–Crippen LogP) is 3.50. The number of nitrogens with zero attached hydrogens (tertiary/aromatic N) is 4. The highest BCUT2D eigenvalue weighted by atomic mass is 16.3. The van der Waals surface area contributed by atoms with Crippen molar-refractivity contribution in [2.45, 2.75) is 38.0 Å². The van der Waals surface area contributed by atoms with E-state index in [0.29, 0.717) is 11.4 Å². The Morgan fingerprint density at radius 3 is 2.58 bits per heavy atom. The third kappa shape index (κ3) is 2.63. The van der Waals surface area contributed by atoms with E-state index < -0.39 is 5.60 Å². The van der Waals surface area contributed by atoms with Crippen LogP contribution in [0, 0.1) is 0 Å². The molecule has 4 aromatic rings. The van der Waals surface area contributed by atoms with Crippen LogP contribution in [0.2, 0.25) is 0 Å². The van der Waals surface area contributed by atoms with Gasteiger partial charge in [-0.15, -0.1) is 0 Å². The zero-order valence-corrected chi connectivity index (χ0v) is 17.2. The Morgan fingerprint density at radius 1 is 1.06 bits per heavy atom. The molecule has 0 saturated carbocycles. The van der Waals surface area contributed by atoms with Gasteiger partial charge in [-0.1, -0.05) is 24.3 Å². The van der Waals surface area contributed by atoms with Gasteiger partial charge < -0.3 is 15.0 Å². The lowest BCUT2D eigenvalue weighted by atomic mass is 9.90. The van der Waals surface area contributed by atoms with E-state index in [9.17, 15) is 9.90 Å². The Kier molecular flexibility index (Phi) is 3.65. The maximum absolute atomic E-state index is 13.1. The van der Waals surface area contributed by atoms with Gasteiger partial charge in [0.1, 0.15) is 11.4 Å². The van der Waals surface area contributed by atoms with E-state index in [1.165, 1.54) is 0 Å². The van der Waals surface area contributed by atoms with Gasteiger partial charge in [0.15, 0.2) is 5.82 Å². The highest BCUT2D eigenvalue weighted by molar-refractivity contribution is 5.99. The van der Waals surface area contributed by atoms with Gasteiger partial charge in [-0.25, -0.2) is 15.0 Å². The maximum atomic E-state index is 13.1. The van der Waals surface area contributed by atoms with Crippen molar-refractivity contribution in [3.05, 3.63) is 77.6 Å². The first-order valence-electron chi connectivity index (χ1n) is 10.4. The van der Waals surface area contributed by atoms with Gasteiger partial charge in [-0.2, -0.15) is 0 Å². The number of imidazole rings is 1. The lowest BCUT2D eigenvalue weighted by Crippen LogP contribution is -2.28. The fraction of sp³-hybridized carbons (Fsp3) is 0.250. The number of amides is 1. The van der Waals surface area contributed by atoms with E-state index >= 15 is 0 Å². The zero-order valence-electron chi connectivity index (χ0n) is 17.2. The van der Waals surface area contributed by atoms with Crippen LogP contribution in [0.4, 0.5) is 0 Å². The second kappa shape index (κ2) is 6.21. The number of hydrogen-bond donors (Lipinski definition) is 2. The molecule has 0 spiro atoms. The first-order chi connectivity index (χ1) is 14.9. The molecule has 1 amide bonds. The number of fused-ring (bicyclic) bond motifs is 9. The number of aliphatic hydroxyl groups is 1. The fourth-order valence-electron chi connectivity index (χ4n) is 4.83. The Balaban J connectivity index is 1.58. The number of rotatable bonds is 2. The van der Waals surface area contributed by atoms with Crippen LogP contribution in [-0.4, -0.2) is 30.5 Å². The summed E-state index contributed by atoms with van der Waals surface area (Å²) in [6.45, 7) is 3.32. The summed E-state index contributed by atoms with van der Waals surface area (Å²) in [5.41, 5.74) is 4.25. The number of benzene rings is 2. The van der Waals surface area contributed by atoms with Crippen molar-refractivity contribution in [3.63, 3.8) is 0 Å². The highest BCUT2D eigenvalue weighted by Crippen LogP contribution is 2.47. The smallest absolute Gasteiger partial charge is 0.252 e. The number of carbonyl (C=O) groups is 1. The van der Waals surface area contributed by atoms with Crippen molar-refractivity contribution in [2.24, 2.45) is 0 Å². The first kappa shape index (κ1) is 18.2. The number of carbonyl (C=O) groups excluding carboxylic acids is 1. The molecular formula is C24H21N5O2. The van der Waals surface area contributed by atoms with Gasteiger partial charge >= 0.3 is 0 Å². The number of aromatic nitrogens is 4. The lowest BCUT2D eigenvalue weighted by Gasteiger charge is -2.22. The van der Waals surface area contributed by atoms with Gasteiger partial charge in [0.2, 0.25) is 0 Å². The molecule has 154 valence electrons. The van der Waals surface area contributed by atoms with E-state index in [1.807, 2.05) is 36.4 Å². The van der Waals surface area contributed by atoms with Gasteiger partial charge in [-0.3, -0.25) is 4.79 Å². The van der Waals surface area contributed by atoms with Gasteiger partial charge in [0, 0.05) is 23.5 Å². The first-order valence-corrected chi connectivity index (χ1v) is 10.4. The van der Waals surface area contributed by atoms with Crippen LogP contribution in [0.5, 0.6) is 0 Å². The van der Waals surface area contributed by atoms with Crippen LogP contribution in [0.3, 0.4) is 0 Å². The summed E-state index contributed by atoms with van der Waals surface area (Å²) in [5.74, 6) is 1.17.